The number of para-hydroxylation sites is 1. The Balaban J connectivity index is 1.56. The van der Waals surface area contributed by atoms with Crippen molar-refractivity contribution in [3.05, 3.63) is 89.7 Å². The average molecular weight is 572 g/mol. The topological polar surface area (TPSA) is 33.4 Å². The van der Waals surface area contributed by atoms with Gasteiger partial charge in [0.15, 0.2) is 6.20 Å². The van der Waals surface area contributed by atoms with E-state index >= 15 is 0 Å². The molecular weight excluding hydrogens is 516 g/mol. The van der Waals surface area contributed by atoms with Gasteiger partial charge in [-0.15, -0.1) is 0 Å². The van der Waals surface area contributed by atoms with Crippen molar-refractivity contribution in [2.24, 2.45) is 7.05 Å². The molecule has 1 aromatic heterocycles. The summed E-state index contributed by atoms with van der Waals surface area (Å²) >= 11 is 0. The lowest BCUT2D eigenvalue weighted by atomic mass is 9.85. The third kappa shape index (κ3) is 10.9. The second kappa shape index (κ2) is 17.7. The number of aryl methyl sites for hydroxylation is 1. The first-order valence-electron chi connectivity index (χ1n) is 16.4. The summed E-state index contributed by atoms with van der Waals surface area (Å²) in [5, 5.41) is 0. The summed E-state index contributed by atoms with van der Waals surface area (Å²) in [6.45, 7) is 10.2. The molecule has 0 atom stereocenters. The van der Waals surface area contributed by atoms with Gasteiger partial charge in [0.05, 0.1) is 13.2 Å². The molecule has 4 nitrogen and oxygen atoms in total. The van der Waals surface area contributed by atoms with Crippen LogP contribution in [0.5, 0.6) is 5.75 Å². The molecule has 0 radical (unpaired) electrons. The first kappa shape index (κ1) is 33.4. The van der Waals surface area contributed by atoms with Crippen LogP contribution in [0.25, 0.3) is 0 Å². The van der Waals surface area contributed by atoms with E-state index in [0.29, 0.717) is 12.2 Å². The van der Waals surface area contributed by atoms with E-state index in [-0.39, 0.29) is 11.3 Å². The van der Waals surface area contributed by atoms with Crippen LogP contribution in [0.1, 0.15) is 126 Å². The number of hydrogen-bond donors (Lipinski definition) is 0. The molecule has 4 heteroatoms. The maximum Gasteiger partial charge on any atom is 0.323 e. The highest BCUT2D eigenvalue weighted by molar-refractivity contribution is 6.03. The minimum absolute atomic E-state index is 0.0195. The SMILES string of the molecule is CCCCCCCCCCCCCCOc1ccc(CN(C(=O)c2cccc[n+]2C)c2ccccc2)cc1C(C)(C)C. The third-order valence-corrected chi connectivity index (χ3v) is 8.04. The van der Waals surface area contributed by atoms with Gasteiger partial charge in [-0.05, 0) is 53.3 Å². The number of pyridine rings is 1. The molecular formula is C38H55N2O2+. The number of aromatic nitrogens is 1. The lowest BCUT2D eigenvalue weighted by molar-refractivity contribution is -0.673. The van der Waals surface area contributed by atoms with Crippen LogP contribution in [0.4, 0.5) is 5.69 Å². The average Bonchev–Trinajstić information content (AvgIpc) is 2.98. The van der Waals surface area contributed by atoms with Gasteiger partial charge in [0.2, 0.25) is 0 Å². The number of nitrogens with zero attached hydrogens (tertiary/aromatic N) is 2. The predicted octanol–water partition coefficient (Wildman–Crippen LogP) is 9.74. The van der Waals surface area contributed by atoms with Gasteiger partial charge in [-0.1, -0.05) is 123 Å². The number of hydrogen-bond acceptors (Lipinski definition) is 2. The van der Waals surface area contributed by atoms with Crippen LogP contribution in [0.2, 0.25) is 0 Å². The highest BCUT2D eigenvalue weighted by Crippen LogP contribution is 2.33. The summed E-state index contributed by atoms with van der Waals surface area (Å²) < 4.78 is 8.23. The molecule has 0 N–H and O–H groups in total. The van der Waals surface area contributed by atoms with Crippen LogP contribution in [-0.2, 0) is 19.0 Å². The molecule has 2 aromatic carbocycles. The lowest BCUT2D eigenvalue weighted by Gasteiger charge is -2.26. The van der Waals surface area contributed by atoms with Gasteiger partial charge in [0.25, 0.3) is 5.69 Å². The van der Waals surface area contributed by atoms with Gasteiger partial charge in [-0.3, -0.25) is 9.69 Å². The molecule has 0 bridgehead atoms. The Morgan fingerprint density at radius 1 is 0.762 bits per heavy atom. The molecule has 0 unspecified atom stereocenters. The number of ether oxygens (including phenoxy) is 1. The van der Waals surface area contributed by atoms with Crippen molar-refractivity contribution in [1.29, 1.82) is 0 Å². The zero-order valence-corrected chi connectivity index (χ0v) is 27.0. The molecule has 0 spiro atoms. The van der Waals surface area contributed by atoms with Gasteiger partial charge in [0.1, 0.15) is 12.8 Å². The van der Waals surface area contributed by atoms with Crippen LogP contribution in [-0.4, -0.2) is 12.5 Å². The normalized spacial score (nSPS) is 11.5. The quantitative estimate of drug-likeness (QED) is 0.112. The summed E-state index contributed by atoms with van der Waals surface area (Å²) in [5.74, 6) is 0.940. The molecule has 0 aliphatic rings. The van der Waals surface area contributed by atoms with E-state index in [1.165, 1.54) is 76.2 Å². The molecule has 0 aliphatic carbocycles. The van der Waals surface area contributed by atoms with Crippen molar-refractivity contribution in [2.75, 3.05) is 11.5 Å². The zero-order valence-electron chi connectivity index (χ0n) is 27.0. The smallest absolute Gasteiger partial charge is 0.323 e. The van der Waals surface area contributed by atoms with E-state index in [9.17, 15) is 4.79 Å². The van der Waals surface area contributed by atoms with Crippen molar-refractivity contribution in [3.8, 4) is 5.75 Å². The van der Waals surface area contributed by atoms with Crippen LogP contribution >= 0.6 is 0 Å². The number of carbonyl (C=O) groups excluding carboxylic acids is 1. The maximum absolute atomic E-state index is 13.7. The van der Waals surface area contributed by atoms with E-state index in [4.69, 9.17) is 4.74 Å². The van der Waals surface area contributed by atoms with E-state index < -0.39 is 0 Å². The molecule has 42 heavy (non-hydrogen) atoms. The van der Waals surface area contributed by atoms with Gasteiger partial charge in [0, 0.05) is 17.8 Å². The Labute approximate surface area is 256 Å². The highest BCUT2D eigenvalue weighted by Gasteiger charge is 2.26. The molecule has 228 valence electrons. The molecule has 3 aromatic rings. The second-order valence-corrected chi connectivity index (χ2v) is 12.7. The number of carbonyl (C=O) groups is 1. The summed E-state index contributed by atoms with van der Waals surface area (Å²) in [7, 11) is 1.91. The van der Waals surface area contributed by atoms with Crippen molar-refractivity contribution in [3.63, 3.8) is 0 Å². The van der Waals surface area contributed by atoms with Crippen molar-refractivity contribution < 1.29 is 14.1 Å². The molecule has 0 fully saturated rings. The number of anilines is 1. The monoisotopic (exact) mass is 571 g/mol. The largest absolute Gasteiger partial charge is 0.493 e. The Kier molecular flexibility index (Phi) is 14.1. The zero-order chi connectivity index (χ0) is 30.2. The fourth-order valence-electron chi connectivity index (χ4n) is 5.47. The predicted molar refractivity (Wildman–Crippen MR) is 176 cm³/mol. The number of amides is 1. The summed E-state index contributed by atoms with van der Waals surface area (Å²) in [6, 6.07) is 22.1. The molecule has 0 aliphatic heterocycles. The minimum atomic E-state index is -0.0741. The van der Waals surface area contributed by atoms with E-state index in [1.807, 2.05) is 71.2 Å². The molecule has 1 heterocycles. The Hall–Kier alpha value is -3.14. The lowest BCUT2D eigenvalue weighted by Crippen LogP contribution is -2.42. The Morgan fingerprint density at radius 3 is 1.95 bits per heavy atom. The first-order chi connectivity index (χ1) is 20.3. The van der Waals surface area contributed by atoms with E-state index in [1.54, 1.807) is 0 Å². The van der Waals surface area contributed by atoms with Gasteiger partial charge < -0.3 is 4.74 Å². The summed E-state index contributed by atoms with van der Waals surface area (Å²) in [6.07, 6.45) is 18.0. The van der Waals surface area contributed by atoms with Crippen molar-refractivity contribution >= 4 is 11.6 Å². The second-order valence-electron chi connectivity index (χ2n) is 12.7. The minimum Gasteiger partial charge on any atom is -0.493 e. The number of benzene rings is 2. The first-order valence-corrected chi connectivity index (χ1v) is 16.4. The summed E-state index contributed by atoms with van der Waals surface area (Å²) in [4.78, 5) is 15.6. The number of unbranched alkanes of at least 4 members (excludes halogenated alkanes) is 11. The van der Waals surface area contributed by atoms with E-state index in [0.717, 1.165) is 30.0 Å². The Bertz CT molecular complexity index is 1200. The van der Waals surface area contributed by atoms with Crippen LogP contribution in [0.15, 0.2) is 72.9 Å². The summed E-state index contributed by atoms with van der Waals surface area (Å²) in [5.41, 5.74) is 3.74. The van der Waals surface area contributed by atoms with Gasteiger partial charge in [-0.2, -0.15) is 4.57 Å². The molecule has 3 rings (SSSR count). The fourth-order valence-corrected chi connectivity index (χ4v) is 5.47. The highest BCUT2D eigenvalue weighted by atomic mass is 16.5. The Morgan fingerprint density at radius 2 is 1.36 bits per heavy atom. The molecule has 1 amide bonds. The maximum atomic E-state index is 13.7. The van der Waals surface area contributed by atoms with Crippen LogP contribution < -0.4 is 14.2 Å². The van der Waals surface area contributed by atoms with Crippen molar-refractivity contribution in [1.82, 2.24) is 0 Å². The van der Waals surface area contributed by atoms with Gasteiger partial charge in [-0.25, -0.2) is 0 Å². The third-order valence-electron chi connectivity index (χ3n) is 8.04. The van der Waals surface area contributed by atoms with Gasteiger partial charge >= 0.3 is 5.91 Å². The molecule has 0 saturated heterocycles. The number of rotatable bonds is 18. The van der Waals surface area contributed by atoms with Crippen LogP contribution in [0, 0.1) is 0 Å². The fraction of sp³-hybridized carbons (Fsp3) is 0.526. The standard InChI is InChI=1S/C38H55N2O2/c1-6-7-8-9-10-11-12-13-14-15-16-22-29-42-36-27-26-32(30-34(36)38(2,3)4)31-40(33-23-18-17-19-24-33)37(41)35-25-20-21-28-39(35)5/h17-21,23-28,30H,6-16,22,29,31H2,1-5H3/q+1. The van der Waals surface area contributed by atoms with Crippen LogP contribution in [0.3, 0.4) is 0 Å². The van der Waals surface area contributed by atoms with Crippen molar-refractivity contribution in [2.45, 2.75) is 117 Å². The molecule has 0 saturated carbocycles. The van der Waals surface area contributed by atoms with E-state index in [2.05, 4.69) is 45.9 Å².